The number of anilines is 1. The third-order valence-electron chi connectivity index (χ3n) is 4.55. The van der Waals surface area contributed by atoms with Gasteiger partial charge in [0.25, 0.3) is 0 Å². The molecule has 7 heteroatoms. The van der Waals surface area contributed by atoms with E-state index in [1.54, 1.807) is 23.0 Å². The minimum atomic E-state index is -0.663. The summed E-state index contributed by atoms with van der Waals surface area (Å²) in [4.78, 5) is 16.6. The molecule has 0 radical (unpaired) electrons. The summed E-state index contributed by atoms with van der Waals surface area (Å²) >= 11 is 0. The summed E-state index contributed by atoms with van der Waals surface area (Å²) in [5, 5.41) is 7.51. The lowest BCUT2D eigenvalue weighted by Gasteiger charge is -2.07. The summed E-state index contributed by atoms with van der Waals surface area (Å²) in [5.41, 5.74) is 1.52. The van der Waals surface area contributed by atoms with Crippen LogP contribution in [0.5, 0.6) is 0 Å². The maximum Gasteiger partial charge on any atom is 0.342 e. The zero-order valence-corrected chi connectivity index (χ0v) is 15.6. The molecule has 1 fully saturated rings. The van der Waals surface area contributed by atoms with Crippen LogP contribution in [0, 0.1) is 5.95 Å². The van der Waals surface area contributed by atoms with Crippen LogP contribution in [0.2, 0.25) is 0 Å². The van der Waals surface area contributed by atoms with E-state index in [0.717, 1.165) is 18.4 Å². The fraction of sp³-hybridized carbons (Fsp3) is 0.286. The zero-order chi connectivity index (χ0) is 19.5. The van der Waals surface area contributed by atoms with Crippen molar-refractivity contribution >= 4 is 11.8 Å². The smallest absolute Gasteiger partial charge is 0.342 e. The lowest BCUT2D eigenvalue weighted by atomic mass is 10.1. The van der Waals surface area contributed by atoms with Gasteiger partial charge in [-0.25, -0.2) is 9.78 Å². The number of halogens is 1. The third-order valence-corrected chi connectivity index (χ3v) is 4.55. The molecule has 0 saturated heterocycles. The number of pyridine rings is 1. The number of nitrogens with one attached hydrogen (secondary N) is 1. The van der Waals surface area contributed by atoms with Crippen LogP contribution in [0.4, 0.5) is 10.2 Å². The highest BCUT2D eigenvalue weighted by Gasteiger charge is 2.24. The molecule has 6 nitrogen and oxygen atoms in total. The predicted molar refractivity (Wildman–Crippen MR) is 103 cm³/mol. The largest absolute Gasteiger partial charge is 0.457 e. The van der Waals surface area contributed by atoms with Gasteiger partial charge in [-0.2, -0.15) is 9.49 Å². The first-order valence-electron chi connectivity index (χ1n) is 9.36. The van der Waals surface area contributed by atoms with E-state index in [1.165, 1.54) is 0 Å². The molecule has 28 heavy (non-hydrogen) atoms. The van der Waals surface area contributed by atoms with Crippen LogP contribution in [0.25, 0.3) is 11.3 Å². The van der Waals surface area contributed by atoms with Crippen molar-refractivity contribution < 1.29 is 13.9 Å². The van der Waals surface area contributed by atoms with E-state index < -0.39 is 11.9 Å². The monoisotopic (exact) mass is 380 g/mol. The molecule has 4 rings (SSSR count). The lowest BCUT2D eigenvalue weighted by Crippen LogP contribution is -2.07. The summed E-state index contributed by atoms with van der Waals surface area (Å²) in [5.74, 6) is -0.714. The second-order valence-corrected chi connectivity index (χ2v) is 6.76. The number of hydrogen-bond donors (Lipinski definition) is 1. The van der Waals surface area contributed by atoms with Gasteiger partial charge >= 0.3 is 5.97 Å². The summed E-state index contributed by atoms with van der Waals surface area (Å²) in [6.45, 7) is 2.59. The second-order valence-electron chi connectivity index (χ2n) is 6.76. The van der Waals surface area contributed by atoms with E-state index >= 15 is 0 Å². The quantitative estimate of drug-likeness (QED) is 0.495. The first-order valence-corrected chi connectivity index (χ1v) is 9.36. The van der Waals surface area contributed by atoms with Crippen LogP contribution in [-0.4, -0.2) is 26.8 Å². The standard InChI is InChI=1S/C21H21FN4O2/c1-2-26-12-17(21(27)28-13-14-6-4-3-5-7-14)19(25-26)16-10-11-18(24-20(16)22)23-15-8-9-15/h3-7,10-12,15H,2,8-9,13H2,1H3,(H,23,24). The molecular formula is C21H21FN4O2. The number of aryl methyl sites for hydroxylation is 1. The van der Waals surface area contributed by atoms with Crippen molar-refractivity contribution in [3.8, 4) is 11.3 Å². The minimum Gasteiger partial charge on any atom is -0.457 e. The number of carbonyl (C=O) groups is 1. The Morgan fingerprint density at radius 3 is 2.71 bits per heavy atom. The van der Waals surface area contributed by atoms with Crippen LogP contribution in [0.1, 0.15) is 35.7 Å². The Bertz CT molecular complexity index is 983. The molecule has 1 aliphatic carbocycles. The lowest BCUT2D eigenvalue weighted by molar-refractivity contribution is 0.0473. The van der Waals surface area contributed by atoms with Gasteiger partial charge in [-0.1, -0.05) is 30.3 Å². The molecule has 0 unspecified atom stereocenters. The van der Waals surface area contributed by atoms with E-state index in [9.17, 15) is 9.18 Å². The number of ether oxygens (including phenoxy) is 1. The predicted octanol–water partition coefficient (Wildman–Crippen LogP) is 4.04. The number of hydrogen-bond acceptors (Lipinski definition) is 5. The molecule has 3 aromatic rings. The Morgan fingerprint density at radius 1 is 1.25 bits per heavy atom. The van der Waals surface area contributed by atoms with Crippen LogP contribution < -0.4 is 5.32 Å². The van der Waals surface area contributed by atoms with Crippen molar-refractivity contribution in [3.63, 3.8) is 0 Å². The van der Waals surface area contributed by atoms with Crippen molar-refractivity contribution in [1.29, 1.82) is 0 Å². The van der Waals surface area contributed by atoms with Crippen LogP contribution in [0.15, 0.2) is 48.7 Å². The van der Waals surface area contributed by atoms with E-state index in [2.05, 4.69) is 15.4 Å². The van der Waals surface area contributed by atoms with E-state index in [4.69, 9.17) is 4.74 Å². The Kier molecular flexibility index (Phi) is 5.06. The first kappa shape index (κ1) is 18.2. The van der Waals surface area contributed by atoms with Crippen LogP contribution in [-0.2, 0) is 17.9 Å². The van der Waals surface area contributed by atoms with Crippen molar-refractivity contribution in [2.75, 3.05) is 5.32 Å². The molecule has 1 N–H and O–H groups in total. The van der Waals surface area contributed by atoms with Crippen molar-refractivity contribution in [2.24, 2.45) is 0 Å². The maximum absolute atomic E-state index is 14.7. The van der Waals surface area contributed by atoms with Gasteiger partial charge in [-0.05, 0) is 37.5 Å². The van der Waals surface area contributed by atoms with E-state index in [-0.39, 0.29) is 23.4 Å². The molecule has 1 saturated carbocycles. The molecule has 2 aromatic heterocycles. The number of aromatic nitrogens is 3. The SMILES string of the molecule is CCn1cc(C(=O)OCc2ccccc2)c(-c2ccc(NC3CC3)nc2F)n1. The highest BCUT2D eigenvalue weighted by atomic mass is 19.1. The van der Waals surface area contributed by atoms with Gasteiger partial charge < -0.3 is 10.1 Å². The van der Waals surface area contributed by atoms with Gasteiger partial charge in [-0.3, -0.25) is 4.68 Å². The summed E-state index contributed by atoms with van der Waals surface area (Å²) < 4.78 is 21.7. The molecule has 1 aliphatic rings. The van der Waals surface area contributed by atoms with Crippen LogP contribution in [0.3, 0.4) is 0 Å². The second kappa shape index (κ2) is 7.80. The van der Waals surface area contributed by atoms with Gasteiger partial charge in [0.1, 0.15) is 23.7 Å². The number of esters is 1. The molecule has 0 aliphatic heterocycles. The summed E-state index contributed by atoms with van der Waals surface area (Å²) in [7, 11) is 0. The normalized spacial score (nSPS) is 13.4. The average Bonchev–Trinajstić information content (AvgIpc) is 3.42. The summed E-state index contributed by atoms with van der Waals surface area (Å²) in [6, 6.07) is 13.1. The molecule has 0 bridgehead atoms. The summed E-state index contributed by atoms with van der Waals surface area (Å²) in [6.07, 6.45) is 3.73. The van der Waals surface area contributed by atoms with Gasteiger partial charge in [-0.15, -0.1) is 0 Å². The number of nitrogens with zero attached hydrogens (tertiary/aromatic N) is 3. The highest BCUT2D eigenvalue weighted by molar-refractivity contribution is 5.96. The Labute approximate surface area is 162 Å². The van der Waals surface area contributed by atoms with Crippen molar-refractivity contribution in [1.82, 2.24) is 14.8 Å². The van der Waals surface area contributed by atoms with Crippen LogP contribution >= 0.6 is 0 Å². The fourth-order valence-electron chi connectivity index (χ4n) is 2.86. The minimum absolute atomic E-state index is 0.140. The zero-order valence-electron chi connectivity index (χ0n) is 15.6. The Hall–Kier alpha value is -3.22. The fourth-order valence-corrected chi connectivity index (χ4v) is 2.86. The van der Waals surface area contributed by atoms with E-state index in [1.807, 2.05) is 37.3 Å². The molecule has 0 spiro atoms. The molecular weight excluding hydrogens is 359 g/mol. The highest BCUT2D eigenvalue weighted by Crippen LogP contribution is 2.28. The van der Waals surface area contributed by atoms with Gasteiger partial charge in [0, 0.05) is 18.8 Å². The van der Waals surface area contributed by atoms with Gasteiger partial charge in [0.15, 0.2) is 0 Å². The third kappa shape index (κ3) is 4.03. The number of rotatable bonds is 7. The maximum atomic E-state index is 14.7. The molecule has 1 aromatic carbocycles. The average molecular weight is 380 g/mol. The Balaban J connectivity index is 1.58. The van der Waals surface area contributed by atoms with Crippen molar-refractivity contribution in [2.45, 2.75) is 39.0 Å². The molecule has 2 heterocycles. The topological polar surface area (TPSA) is 69.0 Å². The Morgan fingerprint density at radius 2 is 2.04 bits per heavy atom. The molecule has 144 valence electrons. The number of benzene rings is 1. The van der Waals surface area contributed by atoms with Crippen molar-refractivity contribution in [3.05, 3.63) is 65.7 Å². The van der Waals surface area contributed by atoms with E-state index in [0.29, 0.717) is 18.4 Å². The number of carbonyl (C=O) groups excluding carboxylic acids is 1. The van der Waals surface area contributed by atoms with Gasteiger partial charge in [0.2, 0.25) is 5.95 Å². The van der Waals surface area contributed by atoms with Gasteiger partial charge in [0.05, 0.1) is 5.56 Å². The first-order chi connectivity index (χ1) is 13.6. The molecule has 0 atom stereocenters. The molecule has 0 amide bonds.